The third-order valence-corrected chi connectivity index (χ3v) is 3.77. The van der Waals surface area contributed by atoms with Crippen LogP contribution in [-0.4, -0.2) is 49.6 Å². The molecule has 2 aliphatic heterocycles. The highest BCUT2D eigenvalue weighted by Crippen LogP contribution is 2.08. The minimum Gasteiger partial charge on any atom is -0.356 e. The number of carbonyl (C=O) groups is 1. The van der Waals surface area contributed by atoms with Crippen LogP contribution >= 0.6 is 0 Å². The van der Waals surface area contributed by atoms with E-state index in [2.05, 4.69) is 15.5 Å². The molecule has 2 N–H and O–H groups in total. The summed E-state index contributed by atoms with van der Waals surface area (Å²) < 4.78 is 0. The van der Waals surface area contributed by atoms with Crippen LogP contribution in [0.25, 0.3) is 0 Å². The average Bonchev–Trinajstić information content (AvgIpc) is 2.96. The van der Waals surface area contributed by atoms with Crippen molar-refractivity contribution in [2.75, 3.05) is 32.7 Å². The lowest BCUT2D eigenvalue weighted by Crippen LogP contribution is -2.33. The fourth-order valence-electron chi connectivity index (χ4n) is 2.76. The first-order valence-corrected chi connectivity index (χ1v) is 7.07. The number of hydrogen-bond donors (Lipinski definition) is 2. The van der Waals surface area contributed by atoms with Gasteiger partial charge in [-0.25, -0.2) is 0 Å². The van der Waals surface area contributed by atoms with Crippen LogP contribution in [0.2, 0.25) is 0 Å². The van der Waals surface area contributed by atoms with Crippen LogP contribution in [0.15, 0.2) is 0 Å². The minimum atomic E-state index is 0.214. The van der Waals surface area contributed by atoms with Crippen molar-refractivity contribution in [3.8, 4) is 0 Å². The van der Waals surface area contributed by atoms with Crippen LogP contribution in [0.1, 0.15) is 38.5 Å². The van der Waals surface area contributed by atoms with Crippen molar-refractivity contribution in [1.29, 1.82) is 0 Å². The van der Waals surface area contributed by atoms with E-state index in [-0.39, 0.29) is 5.91 Å². The van der Waals surface area contributed by atoms with Gasteiger partial charge >= 0.3 is 0 Å². The van der Waals surface area contributed by atoms with E-state index in [4.69, 9.17) is 0 Å². The van der Waals surface area contributed by atoms with E-state index in [1.807, 2.05) is 0 Å². The number of amides is 1. The number of nitrogens with one attached hydrogen (secondary N) is 2. The molecule has 0 saturated carbocycles. The van der Waals surface area contributed by atoms with Gasteiger partial charge in [0.25, 0.3) is 0 Å². The molecule has 2 heterocycles. The van der Waals surface area contributed by atoms with Gasteiger partial charge in [-0.2, -0.15) is 0 Å². The number of hydrogen-bond acceptors (Lipinski definition) is 3. The van der Waals surface area contributed by atoms with Crippen LogP contribution in [0.5, 0.6) is 0 Å². The summed E-state index contributed by atoms with van der Waals surface area (Å²) in [5.41, 5.74) is 0. The maximum atomic E-state index is 11.6. The Bertz CT molecular complexity index is 233. The third kappa shape index (κ3) is 4.64. The van der Waals surface area contributed by atoms with Crippen molar-refractivity contribution in [2.45, 2.75) is 44.6 Å². The molecular weight excluding hydrogens is 214 g/mol. The van der Waals surface area contributed by atoms with E-state index < -0.39 is 0 Å². The van der Waals surface area contributed by atoms with E-state index in [1.54, 1.807) is 0 Å². The molecule has 2 saturated heterocycles. The SMILES string of the molecule is O=C(CC1CCCN1)NCCCN1CCCC1. The fourth-order valence-corrected chi connectivity index (χ4v) is 2.76. The normalized spacial score (nSPS) is 25.3. The Morgan fingerprint density at radius 3 is 2.82 bits per heavy atom. The molecule has 1 atom stereocenters. The first kappa shape index (κ1) is 12.8. The second-order valence-corrected chi connectivity index (χ2v) is 5.25. The molecule has 1 unspecified atom stereocenters. The zero-order valence-electron chi connectivity index (χ0n) is 10.7. The van der Waals surface area contributed by atoms with Gasteiger partial charge in [0.05, 0.1) is 0 Å². The van der Waals surface area contributed by atoms with Crippen molar-refractivity contribution >= 4 is 5.91 Å². The third-order valence-electron chi connectivity index (χ3n) is 3.77. The highest BCUT2D eigenvalue weighted by atomic mass is 16.1. The lowest BCUT2D eigenvalue weighted by atomic mass is 10.1. The Balaban J connectivity index is 1.47. The van der Waals surface area contributed by atoms with Crippen molar-refractivity contribution in [3.63, 3.8) is 0 Å². The number of rotatable bonds is 6. The lowest BCUT2D eigenvalue weighted by molar-refractivity contribution is -0.121. The topological polar surface area (TPSA) is 44.4 Å². The quantitative estimate of drug-likeness (QED) is 0.672. The molecule has 0 spiro atoms. The van der Waals surface area contributed by atoms with Crippen LogP contribution in [-0.2, 0) is 4.79 Å². The largest absolute Gasteiger partial charge is 0.356 e. The molecule has 4 nitrogen and oxygen atoms in total. The molecule has 1 amide bonds. The van der Waals surface area contributed by atoms with E-state index in [0.717, 1.165) is 32.5 Å². The van der Waals surface area contributed by atoms with Gasteiger partial charge in [-0.05, 0) is 58.3 Å². The molecule has 0 aliphatic carbocycles. The Kier molecular flexibility index (Phi) is 5.26. The van der Waals surface area contributed by atoms with Crippen LogP contribution < -0.4 is 10.6 Å². The predicted molar refractivity (Wildman–Crippen MR) is 68.9 cm³/mol. The number of nitrogens with zero attached hydrogens (tertiary/aromatic N) is 1. The maximum absolute atomic E-state index is 11.6. The molecule has 0 aromatic rings. The Morgan fingerprint density at radius 2 is 2.12 bits per heavy atom. The van der Waals surface area contributed by atoms with E-state index in [9.17, 15) is 4.79 Å². The monoisotopic (exact) mass is 239 g/mol. The number of likely N-dealkylation sites (tertiary alicyclic amines) is 1. The van der Waals surface area contributed by atoms with Crippen molar-refractivity contribution in [1.82, 2.24) is 15.5 Å². The summed E-state index contributed by atoms with van der Waals surface area (Å²) in [5, 5.41) is 6.38. The van der Waals surface area contributed by atoms with Gasteiger partial charge in [0.2, 0.25) is 5.91 Å². The Labute approximate surface area is 104 Å². The molecule has 0 aromatic heterocycles. The molecule has 0 aromatic carbocycles. The minimum absolute atomic E-state index is 0.214. The standard InChI is InChI=1S/C13H25N3O/c17-13(11-12-5-3-6-14-12)15-7-4-10-16-8-1-2-9-16/h12,14H,1-11H2,(H,15,17). The zero-order chi connectivity index (χ0) is 11.9. The van der Waals surface area contributed by atoms with Gasteiger partial charge in [-0.1, -0.05) is 0 Å². The summed E-state index contributed by atoms with van der Waals surface area (Å²) in [4.78, 5) is 14.1. The summed E-state index contributed by atoms with van der Waals surface area (Å²) >= 11 is 0. The van der Waals surface area contributed by atoms with E-state index >= 15 is 0 Å². The summed E-state index contributed by atoms with van der Waals surface area (Å²) in [6.07, 6.45) is 6.81. The summed E-state index contributed by atoms with van der Waals surface area (Å²) in [6.45, 7) is 5.55. The molecule has 98 valence electrons. The van der Waals surface area contributed by atoms with Crippen molar-refractivity contribution in [3.05, 3.63) is 0 Å². The first-order chi connectivity index (χ1) is 8.34. The molecule has 2 fully saturated rings. The fraction of sp³-hybridized carbons (Fsp3) is 0.923. The second kappa shape index (κ2) is 6.97. The van der Waals surface area contributed by atoms with Gasteiger partial charge < -0.3 is 15.5 Å². The zero-order valence-corrected chi connectivity index (χ0v) is 10.7. The predicted octanol–water partition coefficient (Wildman–Crippen LogP) is 0.731. The van der Waals surface area contributed by atoms with Gasteiger partial charge in [0.1, 0.15) is 0 Å². The van der Waals surface area contributed by atoms with E-state index in [0.29, 0.717) is 12.5 Å². The second-order valence-electron chi connectivity index (χ2n) is 5.25. The lowest BCUT2D eigenvalue weighted by Gasteiger charge is -2.15. The molecule has 2 rings (SSSR count). The van der Waals surface area contributed by atoms with Crippen LogP contribution in [0, 0.1) is 0 Å². The van der Waals surface area contributed by atoms with Crippen LogP contribution in [0.3, 0.4) is 0 Å². The van der Waals surface area contributed by atoms with Crippen molar-refractivity contribution < 1.29 is 4.79 Å². The average molecular weight is 239 g/mol. The van der Waals surface area contributed by atoms with Crippen LogP contribution in [0.4, 0.5) is 0 Å². The summed E-state index contributed by atoms with van der Waals surface area (Å²) in [6, 6.07) is 0.425. The maximum Gasteiger partial charge on any atom is 0.221 e. The highest BCUT2D eigenvalue weighted by Gasteiger charge is 2.17. The molecule has 2 aliphatic rings. The van der Waals surface area contributed by atoms with Gasteiger partial charge in [-0.15, -0.1) is 0 Å². The number of carbonyl (C=O) groups excluding carboxylic acids is 1. The smallest absolute Gasteiger partial charge is 0.221 e. The Hall–Kier alpha value is -0.610. The molecule has 0 radical (unpaired) electrons. The van der Waals surface area contributed by atoms with Gasteiger partial charge in [0.15, 0.2) is 0 Å². The molecule has 17 heavy (non-hydrogen) atoms. The highest BCUT2D eigenvalue weighted by molar-refractivity contribution is 5.76. The van der Waals surface area contributed by atoms with Gasteiger partial charge in [-0.3, -0.25) is 4.79 Å². The summed E-state index contributed by atoms with van der Waals surface area (Å²) in [7, 11) is 0. The summed E-state index contributed by atoms with van der Waals surface area (Å²) in [5.74, 6) is 0.214. The Morgan fingerprint density at radius 1 is 1.29 bits per heavy atom. The van der Waals surface area contributed by atoms with Gasteiger partial charge in [0, 0.05) is 19.0 Å². The van der Waals surface area contributed by atoms with E-state index in [1.165, 1.54) is 32.4 Å². The first-order valence-electron chi connectivity index (χ1n) is 7.07. The molecular formula is C13H25N3O. The molecule has 0 bridgehead atoms. The van der Waals surface area contributed by atoms with Crippen molar-refractivity contribution in [2.24, 2.45) is 0 Å². The molecule has 4 heteroatoms.